The Morgan fingerprint density at radius 2 is 2.05 bits per heavy atom. The summed E-state index contributed by atoms with van der Waals surface area (Å²) in [4.78, 5) is 37.3. The Morgan fingerprint density at radius 3 is 2.82 bits per heavy atom. The van der Waals surface area contributed by atoms with Crippen LogP contribution in [0.25, 0.3) is 10.9 Å². The molecule has 0 bridgehead atoms. The number of benzene rings is 1. The minimum atomic E-state index is -0.777. The standard InChI is InChI=1S/C15H16N4O3/c20-13(7-12-14(21)19-15(22)18-12)16-6-5-9-8-17-11-4-2-1-3-10(9)11/h1-4,8,12,17H,5-7H2,(H,16,20)(H2,18,19,21,22). The van der Waals surface area contributed by atoms with Gasteiger partial charge in [-0.1, -0.05) is 18.2 Å². The Balaban J connectivity index is 1.49. The van der Waals surface area contributed by atoms with Crippen molar-refractivity contribution in [2.45, 2.75) is 18.9 Å². The average Bonchev–Trinajstić information content (AvgIpc) is 3.03. The van der Waals surface area contributed by atoms with Gasteiger partial charge in [-0.3, -0.25) is 14.9 Å². The highest BCUT2D eigenvalue weighted by molar-refractivity contribution is 6.05. The summed E-state index contributed by atoms with van der Waals surface area (Å²) in [6, 6.07) is 6.63. The molecule has 3 rings (SSSR count). The first kappa shape index (κ1) is 14.1. The van der Waals surface area contributed by atoms with Crippen LogP contribution in [-0.4, -0.2) is 35.4 Å². The fourth-order valence-electron chi connectivity index (χ4n) is 2.54. The molecule has 1 atom stereocenters. The number of aromatic amines is 1. The summed E-state index contributed by atoms with van der Waals surface area (Å²) in [5.41, 5.74) is 2.19. The second-order valence-electron chi connectivity index (χ2n) is 5.18. The van der Waals surface area contributed by atoms with Gasteiger partial charge >= 0.3 is 6.03 Å². The van der Waals surface area contributed by atoms with E-state index >= 15 is 0 Å². The van der Waals surface area contributed by atoms with Crippen molar-refractivity contribution in [3.8, 4) is 0 Å². The number of imide groups is 1. The van der Waals surface area contributed by atoms with Crippen molar-refractivity contribution >= 4 is 28.7 Å². The number of nitrogens with one attached hydrogen (secondary N) is 4. The lowest BCUT2D eigenvalue weighted by Crippen LogP contribution is -2.36. The lowest BCUT2D eigenvalue weighted by Gasteiger charge is -2.08. The number of para-hydroxylation sites is 1. The van der Waals surface area contributed by atoms with Gasteiger partial charge in [0.15, 0.2) is 0 Å². The van der Waals surface area contributed by atoms with Crippen molar-refractivity contribution < 1.29 is 14.4 Å². The van der Waals surface area contributed by atoms with Crippen LogP contribution in [0.15, 0.2) is 30.5 Å². The van der Waals surface area contributed by atoms with Crippen molar-refractivity contribution in [1.29, 1.82) is 0 Å². The van der Waals surface area contributed by atoms with E-state index in [2.05, 4.69) is 20.9 Å². The van der Waals surface area contributed by atoms with Crippen molar-refractivity contribution in [2.24, 2.45) is 0 Å². The van der Waals surface area contributed by atoms with Gasteiger partial charge in [-0.2, -0.15) is 0 Å². The molecule has 1 fully saturated rings. The normalized spacial score (nSPS) is 17.4. The third-order valence-corrected chi connectivity index (χ3v) is 3.64. The Labute approximate surface area is 126 Å². The molecular formula is C15H16N4O3. The van der Waals surface area contributed by atoms with E-state index in [0.29, 0.717) is 13.0 Å². The topological polar surface area (TPSA) is 103 Å². The van der Waals surface area contributed by atoms with Crippen LogP contribution in [0.5, 0.6) is 0 Å². The van der Waals surface area contributed by atoms with Gasteiger partial charge < -0.3 is 15.6 Å². The highest BCUT2D eigenvalue weighted by atomic mass is 16.2. The van der Waals surface area contributed by atoms with E-state index in [9.17, 15) is 14.4 Å². The first-order chi connectivity index (χ1) is 10.6. The molecule has 0 spiro atoms. The van der Waals surface area contributed by atoms with E-state index in [4.69, 9.17) is 0 Å². The number of carbonyl (C=O) groups is 3. The quantitative estimate of drug-likeness (QED) is 0.602. The van der Waals surface area contributed by atoms with E-state index in [0.717, 1.165) is 16.5 Å². The van der Waals surface area contributed by atoms with Crippen LogP contribution in [0.3, 0.4) is 0 Å². The van der Waals surface area contributed by atoms with E-state index in [1.165, 1.54) is 0 Å². The smallest absolute Gasteiger partial charge is 0.322 e. The van der Waals surface area contributed by atoms with Crippen LogP contribution in [-0.2, 0) is 16.0 Å². The minimum absolute atomic E-state index is 0.0501. The molecule has 0 saturated carbocycles. The molecule has 1 aliphatic heterocycles. The van der Waals surface area contributed by atoms with Crippen LogP contribution in [0.4, 0.5) is 4.79 Å². The van der Waals surface area contributed by atoms with E-state index in [1.807, 2.05) is 30.5 Å². The zero-order valence-corrected chi connectivity index (χ0v) is 11.8. The number of H-pyrrole nitrogens is 1. The number of carbonyl (C=O) groups excluding carboxylic acids is 3. The second-order valence-corrected chi connectivity index (χ2v) is 5.18. The molecule has 4 amide bonds. The molecule has 0 aliphatic carbocycles. The van der Waals surface area contributed by atoms with Gasteiger partial charge in [0.1, 0.15) is 6.04 Å². The maximum atomic E-state index is 11.8. The largest absolute Gasteiger partial charge is 0.361 e. The molecule has 1 unspecified atom stereocenters. The maximum absolute atomic E-state index is 11.8. The van der Waals surface area contributed by atoms with Crippen LogP contribution >= 0.6 is 0 Å². The molecule has 2 aromatic rings. The SMILES string of the molecule is O=C(CC1NC(=O)NC1=O)NCCc1c[nH]c2ccccc12. The molecule has 0 radical (unpaired) electrons. The Kier molecular flexibility index (Phi) is 3.78. The fourth-order valence-corrected chi connectivity index (χ4v) is 2.54. The number of hydrogen-bond donors (Lipinski definition) is 4. The van der Waals surface area contributed by atoms with E-state index < -0.39 is 18.0 Å². The van der Waals surface area contributed by atoms with Crippen LogP contribution in [0.2, 0.25) is 0 Å². The number of hydrogen-bond acceptors (Lipinski definition) is 3. The summed E-state index contributed by atoms with van der Waals surface area (Å²) in [6.45, 7) is 0.475. The number of fused-ring (bicyclic) bond motifs is 1. The minimum Gasteiger partial charge on any atom is -0.361 e. The molecule has 4 N–H and O–H groups in total. The average molecular weight is 300 g/mol. The van der Waals surface area contributed by atoms with Gasteiger partial charge in [-0.05, 0) is 18.1 Å². The lowest BCUT2D eigenvalue weighted by atomic mass is 10.1. The first-order valence-electron chi connectivity index (χ1n) is 7.06. The molecule has 114 valence electrons. The molecule has 22 heavy (non-hydrogen) atoms. The summed E-state index contributed by atoms with van der Waals surface area (Å²) in [6.07, 6.45) is 2.58. The molecule has 1 aromatic heterocycles. The van der Waals surface area contributed by atoms with Crippen molar-refractivity contribution in [3.63, 3.8) is 0 Å². The molecule has 7 nitrogen and oxygen atoms in total. The third kappa shape index (κ3) is 2.93. The van der Waals surface area contributed by atoms with Crippen molar-refractivity contribution in [1.82, 2.24) is 20.9 Å². The third-order valence-electron chi connectivity index (χ3n) is 3.64. The van der Waals surface area contributed by atoms with Gasteiger partial charge in [0, 0.05) is 23.6 Å². The molecule has 1 aromatic carbocycles. The first-order valence-corrected chi connectivity index (χ1v) is 7.06. The van der Waals surface area contributed by atoms with Gasteiger partial charge in [-0.15, -0.1) is 0 Å². The number of rotatable bonds is 5. The highest BCUT2D eigenvalue weighted by Gasteiger charge is 2.31. The summed E-state index contributed by atoms with van der Waals surface area (Å²) < 4.78 is 0. The molecule has 2 heterocycles. The summed E-state index contributed by atoms with van der Waals surface area (Å²) in [5, 5.41) is 8.40. The van der Waals surface area contributed by atoms with E-state index in [-0.39, 0.29) is 12.3 Å². The predicted octanol–water partition coefficient (Wildman–Crippen LogP) is 0.425. The van der Waals surface area contributed by atoms with Crippen LogP contribution in [0.1, 0.15) is 12.0 Å². The number of amides is 4. The molecule has 7 heteroatoms. The van der Waals surface area contributed by atoms with Crippen molar-refractivity contribution in [2.75, 3.05) is 6.54 Å². The summed E-state index contributed by atoms with van der Waals surface area (Å²) in [7, 11) is 0. The zero-order chi connectivity index (χ0) is 15.5. The predicted molar refractivity (Wildman–Crippen MR) is 80.1 cm³/mol. The van der Waals surface area contributed by atoms with Gasteiger partial charge in [-0.25, -0.2) is 4.79 Å². The fraction of sp³-hybridized carbons (Fsp3) is 0.267. The van der Waals surface area contributed by atoms with Gasteiger partial charge in [0.25, 0.3) is 5.91 Å². The summed E-state index contributed by atoms with van der Waals surface area (Å²) in [5.74, 6) is -0.723. The Bertz CT molecular complexity index is 737. The molecule has 1 aliphatic rings. The molecule has 1 saturated heterocycles. The highest BCUT2D eigenvalue weighted by Crippen LogP contribution is 2.17. The van der Waals surface area contributed by atoms with Crippen molar-refractivity contribution in [3.05, 3.63) is 36.0 Å². The molecular weight excluding hydrogens is 284 g/mol. The Hall–Kier alpha value is -2.83. The zero-order valence-electron chi connectivity index (χ0n) is 11.8. The van der Waals surface area contributed by atoms with Gasteiger partial charge in [0.05, 0.1) is 6.42 Å². The Morgan fingerprint density at radius 1 is 1.23 bits per heavy atom. The maximum Gasteiger partial charge on any atom is 0.322 e. The number of aromatic nitrogens is 1. The monoisotopic (exact) mass is 300 g/mol. The van der Waals surface area contributed by atoms with Gasteiger partial charge in [0.2, 0.25) is 5.91 Å². The lowest BCUT2D eigenvalue weighted by molar-refractivity contribution is -0.126. The van der Waals surface area contributed by atoms with Crippen LogP contribution < -0.4 is 16.0 Å². The number of urea groups is 1. The summed E-state index contributed by atoms with van der Waals surface area (Å²) >= 11 is 0. The second kappa shape index (κ2) is 5.88. The van der Waals surface area contributed by atoms with E-state index in [1.54, 1.807) is 0 Å². The van der Waals surface area contributed by atoms with Crippen LogP contribution in [0, 0.1) is 0 Å².